The van der Waals surface area contributed by atoms with Crippen LogP contribution in [-0.2, 0) is 4.79 Å². The smallest absolute Gasteiger partial charge is 0.262 e. The molecule has 5 heteroatoms. The second kappa shape index (κ2) is 8.18. The van der Waals surface area contributed by atoms with Crippen molar-refractivity contribution in [1.29, 1.82) is 0 Å². The van der Waals surface area contributed by atoms with Gasteiger partial charge in [0.15, 0.2) is 0 Å². The maximum absolute atomic E-state index is 12.3. The minimum Gasteiger partial charge on any atom is -0.374 e. The number of nitrogens with zero attached hydrogens (tertiary/aromatic N) is 1. The molecule has 22 heavy (non-hydrogen) atoms. The summed E-state index contributed by atoms with van der Waals surface area (Å²) >= 11 is 5.87. The number of hydrogen-bond donors (Lipinski definition) is 2. The highest BCUT2D eigenvalue weighted by molar-refractivity contribution is 6.30. The molecule has 1 fully saturated rings. The Bertz CT molecular complexity index is 527. The van der Waals surface area contributed by atoms with Gasteiger partial charge in [-0.25, -0.2) is 5.43 Å². The van der Waals surface area contributed by atoms with Crippen molar-refractivity contribution in [2.45, 2.75) is 52.0 Å². The Morgan fingerprint density at radius 3 is 2.73 bits per heavy atom. The van der Waals surface area contributed by atoms with Crippen LogP contribution in [0.25, 0.3) is 0 Å². The zero-order valence-electron chi connectivity index (χ0n) is 13.2. The van der Waals surface area contributed by atoms with Crippen LogP contribution in [0.4, 0.5) is 5.69 Å². The molecule has 0 bridgehead atoms. The van der Waals surface area contributed by atoms with E-state index in [1.807, 2.05) is 19.1 Å². The van der Waals surface area contributed by atoms with Crippen molar-refractivity contribution in [3.63, 3.8) is 0 Å². The molecule has 1 aromatic carbocycles. The highest BCUT2D eigenvalue weighted by atomic mass is 35.5. The SMILES string of the molecule is CC[C@H](Nc1ccc(Cl)cc1)C(=O)NN=C1CCCC[C@H]1C. The highest BCUT2D eigenvalue weighted by Gasteiger charge is 2.19. The number of carbonyl (C=O) groups excluding carboxylic acids is 1. The number of halogens is 1. The quantitative estimate of drug-likeness (QED) is 0.798. The molecule has 2 atom stereocenters. The number of carbonyl (C=O) groups is 1. The monoisotopic (exact) mass is 321 g/mol. The van der Waals surface area contributed by atoms with E-state index in [2.05, 4.69) is 22.8 Å². The fourth-order valence-corrected chi connectivity index (χ4v) is 2.77. The van der Waals surface area contributed by atoms with E-state index in [0.29, 0.717) is 17.4 Å². The molecule has 2 rings (SSSR count). The van der Waals surface area contributed by atoms with Gasteiger partial charge in [0.05, 0.1) is 0 Å². The minimum atomic E-state index is -0.301. The van der Waals surface area contributed by atoms with Gasteiger partial charge in [0, 0.05) is 16.4 Å². The van der Waals surface area contributed by atoms with Gasteiger partial charge in [0.1, 0.15) is 6.04 Å². The number of benzene rings is 1. The fraction of sp³-hybridized carbons (Fsp3) is 0.529. The van der Waals surface area contributed by atoms with Crippen molar-refractivity contribution in [3.8, 4) is 0 Å². The van der Waals surface area contributed by atoms with Crippen LogP contribution in [0.15, 0.2) is 29.4 Å². The summed E-state index contributed by atoms with van der Waals surface area (Å²) in [4.78, 5) is 12.3. The minimum absolute atomic E-state index is 0.0947. The van der Waals surface area contributed by atoms with Gasteiger partial charge in [0.25, 0.3) is 5.91 Å². The average Bonchev–Trinajstić information content (AvgIpc) is 2.53. The molecule has 0 saturated heterocycles. The zero-order chi connectivity index (χ0) is 15.9. The molecule has 2 N–H and O–H groups in total. The molecule has 0 spiro atoms. The van der Waals surface area contributed by atoms with Crippen LogP contribution in [0.5, 0.6) is 0 Å². The van der Waals surface area contributed by atoms with Crippen molar-refractivity contribution in [2.24, 2.45) is 11.0 Å². The Morgan fingerprint density at radius 2 is 2.09 bits per heavy atom. The van der Waals surface area contributed by atoms with Crippen LogP contribution in [0.3, 0.4) is 0 Å². The molecule has 1 amide bonds. The molecule has 0 aliphatic heterocycles. The van der Waals surface area contributed by atoms with Gasteiger partial charge in [-0.15, -0.1) is 0 Å². The van der Waals surface area contributed by atoms with Crippen molar-refractivity contribution >= 4 is 28.9 Å². The van der Waals surface area contributed by atoms with E-state index >= 15 is 0 Å². The number of hydrogen-bond acceptors (Lipinski definition) is 3. The van der Waals surface area contributed by atoms with Gasteiger partial charge in [-0.05, 0) is 55.9 Å². The second-order valence-corrected chi connectivity index (χ2v) is 6.27. The molecule has 1 aliphatic rings. The van der Waals surface area contributed by atoms with Gasteiger partial charge >= 0.3 is 0 Å². The van der Waals surface area contributed by atoms with E-state index in [0.717, 1.165) is 24.2 Å². The fourth-order valence-electron chi connectivity index (χ4n) is 2.64. The summed E-state index contributed by atoms with van der Waals surface area (Å²) in [6, 6.07) is 7.04. The first-order valence-corrected chi connectivity index (χ1v) is 8.36. The summed E-state index contributed by atoms with van der Waals surface area (Å²) in [7, 11) is 0. The van der Waals surface area contributed by atoms with Crippen LogP contribution in [0, 0.1) is 5.92 Å². The van der Waals surface area contributed by atoms with E-state index in [4.69, 9.17) is 11.6 Å². The zero-order valence-corrected chi connectivity index (χ0v) is 14.0. The number of rotatable bonds is 5. The molecular formula is C17H24ClN3O. The largest absolute Gasteiger partial charge is 0.374 e. The number of amides is 1. The van der Waals surface area contributed by atoms with Crippen molar-refractivity contribution in [1.82, 2.24) is 5.43 Å². The molecule has 0 heterocycles. The van der Waals surface area contributed by atoms with Crippen molar-refractivity contribution in [3.05, 3.63) is 29.3 Å². The summed E-state index contributed by atoms with van der Waals surface area (Å²) in [6.07, 6.45) is 5.26. The Kier molecular flexibility index (Phi) is 6.25. The standard InChI is InChI=1S/C17H24ClN3O/c1-3-15(19-14-10-8-13(18)9-11-14)17(22)21-20-16-7-5-4-6-12(16)2/h8-12,15,19H,3-7H2,1-2H3,(H,21,22)/t12-,15+/m1/s1. The molecule has 1 aliphatic carbocycles. The predicted molar refractivity (Wildman–Crippen MR) is 92.4 cm³/mol. The van der Waals surface area contributed by atoms with Gasteiger partial charge in [-0.1, -0.05) is 31.9 Å². The Balaban J connectivity index is 1.93. The molecule has 1 aromatic rings. The van der Waals surface area contributed by atoms with E-state index in [1.54, 1.807) is 12.1 Å². The maximum Gasteiger partial charge on any atom is 0.262 e. The van der Waals surface area contributed by atoms with Crippen LogP contribution in [-0.4, -0.2) is 17.7 Å². The Morgan fingerprint density at radius 1 is 1.36 bits per heavy atom. The third-order valence-corrected chi connectivity index (χ3v) is 4.36. The molecule has 0 radical (unpaired) electrons. The van der Waals surface area contributed by atoms with Crippen LogP contribution in [0.2, 0.25) is 5.02 Å². The Labute approximate surface area is 137 Å². The predicted octanol–water partition coefficient (Wildman–Crippen LogP) is 4.21. The maximum atomic E-state index is 12.3. The molecule has 120 valence electrons. The molecular weight excluding hydrogens is 298 g/mol. The highest BCUT2D eigenvalue weighted by Crippen LogP contribution is 2.20. The summed E-state index contributed by atoms with van der Waals surface area (Å²) in [5.74, 6) is 0.376. The molecule has 0 aromatic heterocycles. The molecule has 0 unspecified atom stereocenters. The third-order valence-electron chi connectivity index (χ3n) is 4.11. The van der Waals surface area contributed by atoms with Gasteiger partial charge in [-0.2, -0.15) is 5.10 Å². The Hall–Kier alpha value is -1.55. The topological polar surface area (TPSA) is 53.5 Å². The first kappa shape index (κ1) is 16.8. The summed E-state index contributed by atoms with van der Waals surface area (Å²) < 4.78 is 0. The number of hydrazone groups is 1. The third kappa shape index (κ3) is 4.73. The van der Waals surface area contributed by atoms with E-state index in [1.165, 1.54) is 12.8 Å². The number of nitrogens with one attached hydrogen (secondary N) is 2. The lowest BCUT2D eigenvalue weighted by Gasteiger charge is -2.21. The van der Waals surface area contributed by atoms with Crippen LogP contribution >= 0.6 is 11.6 Å². The van der Waals surface area contributed by atoms with E-state index < -0.39 is 0 Å². The molecule has 4 nitrogen and oxygen atoms in total. The van der Waals surface area contributed by atoms with Crippen LogP contribution in [0.1, 0.15) is 46.0 Å². The van der Waals surface area contributed by atoms with Gasteiger partial charge < -0.3 is 5.32 Å². The normalized spacial score (nSPS) is 21.4. The van der Waals surface area contributed by atoms with Gasteiger partial charge in [-0.3, -0.25) is 4.79 Å². The second-order valence-electron chi connectivity index (χ2n) is 5.84. The first-order chi connectivity index (χ1) is 10.6. The lowest BCUT2D eigenvalue weighted by atomic mass is 9.89. The van der Waals surface area contributed by atoms with Crippen molar-refractivity contribution < 1.29 is 4.79 Å². The lowest BCUT2D eigenvalue weighted by molar-refractivity contribution is -0.121. The summed E-state index contributed by atoms with van der Waals surface area (Å²) in [5.41, 5.74) is 4.72. The summed E-state index contributed by atoms with van der Waals surface area (Å²) in [6.45, 7) is 4.15. The van der Waals surface area contributed by atoms with E-state index in [9.17, 15) is 4.79 Å². The number of anilines is 1. The summed E-state index contributed by atoms with van der Waals surface area (Å²) in [5, 5.41) is 8.24. The van der Waals surface area contributed by atoms with Crippen LogP contribution < -0.4 is 10.7 Å². The lowest BCUT2D eigenvalue weighted by Crippen LogP contribution is -2.37. The first-order valence-electron chi connectivity index (χ1n) is 7.98. The van der Waals surface area contributed by atoms with Gasteiger partial charge in [0.2, 0.25) is 0 Å². The van der Waals surface area contributed by atoms with E-state index in [-0.39, 0.29) is 11.9 Å². The average molecular weight is 322 g/mol. The molecule has 1 saturated carbocycles. The van der Waals surface area contributed by atoms with Crippen molar-refractivity contribution in [2.75, 3.05) is 5.32 Å².